The number of piperidine rings is 1. The molecule has 0 aromatic carbocycles. The summed E-state index contributed by atoms with van der Waals surface area (Å²) < 4.78 is 31.8. The molecular weight excluding hydrogens is 356 g/mol. The van der Waals surface area contributed by atoms with Gasteiger partial charge in [0.1, 0.15) is 10.6 Å². The van der Waals surface area contributed by atoms with Crippen LogP contribution in [-0.2, 0) is 14.8 Å². The fraction of sp³-hybridized carbons (Fsp3) is 0.765. The Bertz CT molecular complexity index is 682. The number of carbonyl (C=O) groups is 1. The van der Waals surface area contributed by atoms with E-state index in [0.717, 1.165) is 19.5 Å². The Balaban J connectivity index is 1.64. The monoisotopic (exact) mass is 386 g/mol. The van der Waals surface area contributed by atoms with Crippen molar-refractivity contribution in [3.63, 3.8) is 0 Å². The van der Waals surface area contributed by atoms with E-state index in [0.29, 0.717) is 18.3 Å². The molecule has 1 saturated heterocycles. The van der Waals surface area contributed by atoms with E-state index in [1.165, 1.54) is 19.3 Å². The summed E-state index contributed by atoms with van der Waals surface area (Å²) >= 11 is 0. The fourth-order valence-electron chi connectivity index (χ4n) is 3.32. The molecule has 9 heteroatoms. The van der Waals surface area contributed by atoms with Crippen LogP contribution in [0.1, 0.15) is 50.5 Å². The zero-order chi connectivity index (χ0) is 19.2. The molecule has 0 saturated carbocycles. The van der Waals surface area contributed by atoms with E-state index in [4.69, 9.17) is 4.52 Å². The van der Waals surface area contributed by atoms with Crippen LogP contribution in [0.15, 0.2) is 9.42 Å². The predicted octanol–water partition coefficient (Wildman–Crippen LogP) is 1.34. The quantitative estimate of drug-likeness (QED) is 0.621. The Kier molecular flexibility index (Phi) is 7.60. The topological polar surface area (TPSA) is 105 Å². The van der Waals surface area contributed by atoms with E-state index in [1.54, 1.807) is 13.8 Å². The van der Waals surface area contributed by atoms with Crippen LogP contribution in [0.2, 0.25) is 0 Å². The van der Waals surface area contributed by atoms with Crippen LogP contribution < -0.4 is 10.0 Å². The van der Waals surface area contributed by atoms with Crippen molar-refractivity contribution in [1.82, 2.24) is 20.1 Å². The molecule has 1 aliphatic rings. The van der Waals surface area contributed by atoms with Gasteiger partial charge in [0, 0.05) is 32.1 Å². The molecular formula is C17H30N4O4S. The number of sulfonamides is 1. The van der Waals surface area contributed by atoms with E-state index in [2.05, 4.69) is 27.0 Å². The first-order valence-electron chi connectivity index (χ1n) is 9.24. The van der Waals surface area contributed by atoms with E-state index in [-0.39, 0.29) is 29.5 Å². The highest BCUT2D eigenvalue weighted by Crippen LogP contribution is 2.18. The number of likely N-dealkylation sites (tertiary alicyclic amines) is 1. The van der Waals surface area contributed by atoms with Crippen LogP contribution >= 0.6 is 0 Å². The lowest BCUT2D eigenvalue weighted by Gasteiger charge is -2.33. The smallest absolute Gasteiger partial charge is 0.245 e. The molecule has 2 N–H and O–H groups in total. The number of rotatable bonds is 9. The summed E-state index contributed by atoms with van der Waals surface area (Å²) in [6.45, 7) is 8.15. The molecule has 2 heterocycles. The third-order valence-corrected chi connectivity index (χ3v) is 6.47. The fourth-order valence-corrected chi connectivity index (χ4v) is 4.67. The standard InChI is InChI=1S/C17H30N4O4S/c1-13-7-4-5-11-21(13)12-6-9-18-16(22)8-10-19-26(23,24)17-14(2)20-25-15(17)3/h13,19H,4-12H2,1-3H3,(H,18,22)/t13-/m1/s1. The minimum Gasteiger partial charge on any atom is -0.360 e. The summed E-state index contributed by atoms with van der Waals surface area (Å²) in [7, 11) is -3.71. The largest absolute Gasteiger partial charge is 0.360 e. The predicted molar refractivity (Wildman–Crippen MR) is 98.3 cm³/mol. The second-order valence-electron chi connectivity index (χ2n) is 6.89. The second kappa shape index (κ2) is 9.48. The van der Waals surface area contributed by atoms with Gasteiger partial charge >= 0.3 is 0 Å². The number of carbonyl (C=O) groups excluding carboxylic acids is 1. The van der Waals surface area contributed by atoms with Crippen LogP contribution in [0.4, 0.5) is 0 Å². The van der Waals surface area contributed by atoms with Gasteiger partial charge in [-0.2, -0.15) is 0 Å². The summed E-state index contributed by atoms with van der Waals surface area (Å²) in [4.78, 5) is 14.4. The van der Waals surface area contributed by atoms with E-state index in [1.807, 2.05) is 0 Å². The highest BCUT2D eigenvalue weighted by molar-refractivity contribution is 7.89. The van der Waals surface area contributed by atoms with Crippen molar-refractivity contribution in [1.29, 1.82) is 0 Å². The van der Waals surface area contributed by atoms with Crippen molar-refractivity contribution in [3.8, 4) is 0 Å². The molecule has 0 aliphatic carbocycles. The average molecular weight is 387 g/mol. The average Bonchev–Trinajstić information content (AvgIpc) is 2.92. The summed E-state index contributed by atoms with van der Waals surface area (Å²) in [5, 5.41) is 6.49. The Morgan fingerprint density at radius 1 is 1.31 bits per heavy atom. The molecule has 1 atom stereocenters. The number of hydrogen-bond donors (Lipinski definition) is 2. The Labute approximate surface area is 155 Å². The molecule has 1 aromatic heterocycles. The lowest BCUT2D eigenvalue weighted by molar-refractivity contribution is -0.120. The molecule has 1 fully saturated rings. The van der Waals surface area contributed by atoms with Gasteiger partial charge < -0.3 is 14.7 Å². The highest BCUT2D eigenvalue weighted by Gasteiger charge is 2.23. The molecule has 8 nitrogen and oxygen atoms in total. The highest BCUT2D eigenvalue weighted by atomic mass is 32.2. The van der Waals surface area contributed by atoms with E-state index >= 15 is 0 Å². The molecule has 0 bridgehead atoms. The zero-order valence-corrected chi connectivity index (χ0v) is 16.7. The summed E-state index contributed by atoms with van der Waals surface area (Å²) in [6.07, 6.45) is 4.81. The summed E-state index contributed by atoms with van der Waals surface area (Å²) in [5.74, 6) is 0.0875. The molecule has 2 rings (SSSR count). The lowest BCUT2D eigenvalue weighted by atomic mass is 10.0. The summed E-state index contributed by atoms with van der Waals surface area (Å²) in [6, 6.07) is 0.623. The van der Waals surface area contributed by atoms with Crippen LogP contribution in [0.25, 0.3) is 0 Å². The number of nitrogens with zero attached hydrogens (tertiary/aromatic N) is 2. The molecule has 0 spiro atoms. The van der Waals surface area contributed by atoms with Gasteiger partial charge in [-0.3, -0.25) is 4.79 Å². The first-order valence-corrected chi connectivity index (χ1v) is 10.7. The normalized spacial score (nSPS) is 18.8. The second-order valence-corrected chi connectivity index (χ2v) is 8.59. The molecule has 26 heavy (non-hydrogen) atoms. The van der Waals surface area contributed by atoms with Crippen molar-refractivity contribution in [2.45, 2.75) is 63.8 Å². The minimum atomic E-state index is -3.71. The number of aromatic nitrogens is 1. The van der Waals surface area contributed by atoms with Crippen LogP contribution in [0, 0.1) is 13.8 Å². The van der Waals surface area contributed by atoms with E-state index < -0.39 is 10.0 Å². The maximum atomic E-state index is 12.2. The van der Waals surface area contributed by atoms with Crippen molar-refractivity contribution in [2.24, 2.45) is 0 Å². The third-order valence-electron chi connectivity index (χ3n) is 4.77. The van der Waals surface area contributed by atoms with Crippen molar-refractivity contribution in [2.75, 3.05) is 26.2 Å². The maximum absolute atomic E-state index is 12.2. The number of nitrogens with one attached hydrogen (secondary N) is 2. The Hall–Kier alpha value is -1.45. The van der Waals surface area contributed by atoms with Crippen LogP contribution in [-0.4, -0.2) is 56.6 Å². The molecule has 1 aromatic rings. The van der Waals surface area contributed by atoms with Gasteiger partial charge in [-0.05, 0) is 46.6 Å². The number of amides is 1. The number of aryl methyl sites for hydroxylation is 2. The Morgan fingerprint density at radius 3 is 2.73 bits per heavy atom. The first kappa shape index (κ1) is 20.9. The van der Waals surface area contributed by atoms with E-state index in [9.17, 15) is 13.2 Å². The molecule has 148 valence electrons. The van der Waals surface area contributed by atoms with Crippen LogP contribution in [0.3, 0.4) is 0 Å². The minimum absolute atomic E-state index is 0.0430. The molecule has 1 aliphatic heterocycles. The SMILES string of the molecule is Cc1noc(C)c1S(=O)(=O)NCCC(=O)NCCCN1CCCC[C@H]1C. The van der Waals surface area contributed by atoms with Crippen molar-refractivity contribution < 1.29 is 17.7 Å². The van der Waals surface area contributed by atoms with Gasteiger partial charge in [0.05, 0.1) is 0 Å². The van der Waals surface area contributed by atoms with Gasteiger partial charge in [0.25, 0.3) is 0 Å². The zero-order valence-electron chi connectivity index (χ0n) is 15.9. The summed E-state index contributed by atoms with van der Waals surface area (Å²) in [5.41, 5.74) is 0.311. The van der Waals surface area contributed by atoms with Crippen LogP contribution in [0.5, 0.6) is 0 Å². The molecule has 0 radical (unpaired) electrons. The van der Waals surface area contributed by atoms with Gasteiger partial charge in [0.15, 0.2) is 5.76 Å². The Morgan fingerprint density at radius 2 is 2.08 bits per heavy atom. The van der Waals surface area contributed by atoms with Gasteiger partial charge in [-0.15, -0.1) is 0 Å². The lowest BCUT2D eigenvalue weighted by Crippen LogP contribution is -2.39. The van der Waals surface area contributed by atoms with Gasteiger partial charge in [-0.25, -0.2) is 13.1 Å². The van der Waals surface area contributed by atoms with Gasteiger partial charge in [0.2, 0.25) is 15.9 Å². The third kappa shape index (κ3) is 5.78. The number of hydrogen-bond acceptors (Lipinski definition) is 6. The van der Waals surface area contributed by atoms with Crippen molar-refractivity contribution >= 4 is 15.9 Å². The van der Waals surface area contributed by atoms with Gasteiger partial charge in [-0.1, -0.05) is 11.6 Å². The first-order chi connectivity index (χ1) is 12.3. The molecule has 1 amide bonds. The maximum Gasteiger partial charge on any atom is 0.245 e. The molecule has 0 unspecified atom stereocenters. The van der Waals surface area contributed by atoms with Crippen molar-refractivity contribution in [3.05, 3.63) is 11.5 Å².